The first kappa shape index (κ1) is 12.3. The van der Waals surface area contributed by atoms with Crippen LogP contribution in [-0.4, -0.2) is 20.6 Å². The molecule has 2 aromatic heterocycles. The van der Waals surface area contributed by atoms with E-state index in [1.807, 2.05) is 17.7 Å². The van der Waals surface area contributed by atoms with Crippen LogP contribution in [0, 0.1) is 5.82 Å². The Balaban J connectivity index is 1.94. The third kappa shape index (κ3) is 2.66. The van der Waals surface area contributed by atoms with Gasteiger partial charge in [0.05, 0.1) is 6.20 Å². The molecule has 0 amide bonds. The van der Waals surface area contributed by atoms with Gasteiger partial charge in [-0.1, -0.05) is 6.92 Å². The molecule has 3 rings (SSSR count). The zero-order chi connectivity index (χ0) is 13.2. The number of hydrogen-bond donors (Lipinski definition) is 1. The van der Waals surface area contributed by atoms with Crippen LogP contribution in [-0.2, 0) is 13.0 Å². The summed E-state index contributed by atoms with van der Waals surface area (Å²) >= 11 is 0. The Labute approximate surface area is 111 Å². The van der Waals surface area contributed by atoms with Crippen molar-refractivity contribution in [2.24, 2.45) is 0 Å². The van der Waals surface area contributed by atoms with Gasteiger partial charge in [-0.25, -0.2) is 14.4 Å². The van der Waals surface area contributed by atoms with Gasteiger partial charge in [-0.15, -0.1) is 0 Å². The number of pyridine rings is 1. The minimum absolute atomic E-state index is 0.297. The van der Waals surface area contributed by atoms with E-state index in [9.17, 15) is 4.39 Å². The smallest absolute Gasteiger partial charge is 0.142 e. The van der Waals surface area contributed by atoms with E-state index in [4.69, 9.17) is 0 Å². The second-order valence-electron chi connectivity index (χ2n) is 4.86. The van der Waals surface area contributed by atoms with Crippen LogP contribution < -0.4 is 5.32 Å². The zero-order valence-electron chi connectivity index (χ0n) is 10.9. The Morgan fingerprint density at radius 1 is 1.42 bits per heavy atom. The highest BCUT2D eigenvalue weighted by molar-refractivity contribution is 5.35. The molecule has 2 heterocycles. The van der Waals surface area contributed by atoms with Crippen molar-refractivity contribution < 1.29 is 4.39 Å². The lowest BCUT2D eigenvalue weighted by Gasteiger charge is -2.12. The monoisotopic (exact) mass is 260 g/mol. The van der Waals surface area contributed by atoms with Crippen molar-refractivity contribution in [2.45, 2.75) is 38.8 Å². The largest absolute Gasteiger partial charge is 0.310 e. The predicted molar refractivity (Wildman–Crippen MR) is 70.6 cm³/mol. The van der Waals surface area contributed by atoms with Crippen LogP contribution in [0.4, 0.5) is 4.39 Å². The molecule has 0 unspecified atom stereocenters. The van der Waals surface area contributed by atoms with Gasteiger partial charge in [-0.3, -0.25) is 4.57 Å². The SMILES string of the molecule is CCc1nccn1-c1ncc(F)cc1CNC1CC1. The normalized spacial score (nSPS) is 14.8. The summed E-state index contributed by atoms with van der Waals surface area (Å²) < 4.78 is 15.3. The average Bonchev–Trinajstić information content (AvgIpc) is 3.13. The third-order valence-electron chi connectivity index (χ3n) is 3.33. The number of nitrogens with one attached hydrogen (secondary N) is 1. The average molecular weight is 260 g/mol. The maximum absolute atomic E-state index is 13.4. The summed E-state index contributed by atoms with van der Waals surface area (Å²) in [7, 11) is 0. The summed E-state index contributed by atoms with van der Waals surface area (Å²) in [4.78, 5) is 8.53. The molecule has 5 heteroatoms. The van der Waals surface area contributed by atoms with E-state index >= 15 is 0 Å². The molecule has 0 radical (unpaired) electrons. The molecular formula is C14H17FN4. The highest BCUT2D eigenvalue weighted by Crippen LogP contribution is 2.21. The highest BCUT2D eigenvalue weighted by Gasteiger charge is 2.21. The molecule has 1 aliphatic carbocycles. The molecule has 0 aliphatic heterocycles. The lowest BCUT2D eigenvalue weighted by atomic mass is 10.2. The summed E-state index contributed by atoms with van der Waals surface area (Å²) in [5, 5.41) is 3.40. The molecule has 1 fully saturated rings. The molecule has 100 valence electrons. The Morgan fingerprint density at radius 2 is 2.26 bits per heavy atom. The van der Waals surface area contributed by atoms with Crippen molar-refractivity contribution >= 4 is 0 Å². The molecular weight excluding hydrogens is 243 g/mol. The highest BCUT2D eigenvalue weighted by atomic mass is 19.1. The van der Waals surface area contributed by atoms with E-state index in [-0.39, 0.29) is 5.82 Å². The van der Waals surface area contributed by atoms with Crippen LogP contribution in [0.15, 0.2) is 24.7 Å². The first-order valence-electron chi connectivity index (χ1n) is 6.68. The number of imidazole rings is 1. The molecule has 2 aromatic rings. The summed E-state index contributed by atoms with van der Waals surface area (Å²) in [6.07, 6.45) is 8.13. The van der Waals surface area contributed by atoms with Crippen LogP contribution in [0.3, 0.4) is 0 Å². The minimum atomic E-state index is -0.297. The molecule has 1 aliphatic rings. The van der Waals surface area contributed by atoms with Gasteiger partial charge in [-0.05, 0) is 18.9 Å². The van der Waals surface area contributed by atoms with Gasteiger partial charge in [0.1, 0.15) is 17.5 Å². The maximum Gasteiger partial charge on any atom is 0.142 e. The number of aromatic nitrogens is 3. The Kier molecular flexibility index (Phi) is 3.29. The molecule has 0 atom stereocenters. The molecule has 0 bridgehead atoms. The topological polar surface area (TPSA) is 42.7 Å². The van der Waals surface area contributed by atoms with Crippen LogP contribution in [0.2, 0.25) is 0 Å². The van der Waals surface area contributed by atoms with E-state index in [0.29, 0.717) is 12.6 Å². The van der Waals surface area contributed by atoms with E-state index in [1.54, 1.807) is 12.3 Å². The van der Waals surface area contributed by atoms with Crippen LogP contribution >= 0.6 is 0 Å². The fourth-order valence-electron chi connectivity index (χ4n) is 2.15. The molecule has 0 saturated heterocycles. The molecule has 19 heavy (non-hydrogen) atoms. The van der Waals surface area contributed by atoms with Crippen molar-refractivity contribution in [3.05, 3.63) is 41.9 Å². The summed E-state index contributed by atoms with van der Waals surface area (Å²) in [5.74, 6) is 1.41. The molecule has 1 saturated carbocycles. The molecule has 1 N–H and O–H groups in total. The van der Waals surface area contributed by atoms with Crippen LogP contribution in [0.1, 0.15) is 31.2 Å². The van der Waals surface area contributed by atoms with Crippen molar-refractivity contribution in [2.75, 3.05) is 0 Å². The van der Waals surface area contributed by atoms with Crippen molar-refractivity contribution in [1.82, 2.24) is 19.9 Å². The molecule has 4 nitrogen and oxygen atoms in total. The molecule has 0 aromatic carbocycles. The van der Waals surface area contributed by atoms with Crippen molar-refractivity contribution in [3.8, 4) is 5.82 Å². The van der Waals surface area contributed by atoms with Gasteiger partial charge in [-0.2, -0.15) is 0 Å². The van der Waals surface area contributed by atoms with Crippen molar-refractivity contribution in [1.29, 1.82) is 0 Å². The minimum Gasteiger partial charge on any atom is -0.310 e. The van der Waals surface area contributed by atoms with Gasteiger partial charge in [0, 0.05) is 37.0 Å². The first-order valence-corrected chi connectivity index (χ1v) is 6.68. The van der Waals surface area contributed by atoms with Crippen molar-refractivity contribution in [3.63, 3.8) is 0 Å². The summed E-state index contributed by atoms with van der Waals surface area (Å²) in [6.45, 7) is 2.69. The number of halogens is 1. The van der Waals surface area contributed by atoms with E-state index in [2.05, 4.69) is 15.3 Å². The van der Waals surface area contributed by atoms with E-state index in [1.165, 1.54) is 19.0 Å². The first-order chi connectivity index (χ1) is 9.28. The lowest BCUT2D eigenvalue weighted by molar-refractivity contribution is 0.608. The zero-order valence-corrected chi connectivity index (χ0v) is 10.9. The van der Waals surface area contributed by atoms with Gasteiger partial charge >= 0.3 is 0 Å². The Morgan fingerprint density at radius 3 is 3.00 bits per heavy atom. The lowest BCUT2D eigenvalue weighted by Crippen LogP contribution is -2.18. The van der Waals surface area contributed by atoms with Gasteiger partial charge < -0.3 is 5.32 Å². The maximum atomic E-state index is 13.4. The number of aryl methyl sites for hydroxylation is 1. The van der Waals surface area contributed by atoms with Crippen LogP contribution in [0.25, 0.3) is 5.82 Å². The number of rotatable bonds is 5. The summed E-state index contributed by atoms with van der Waals surface area (Å²) in [5.41, 5.74) is 0.875. The van der Waals surface area contributed by atoms with Gasteiger partial charge in [0.25, 0.3) is 0 Å². The Hall–Kier alpha value is -1.75. The number of hydrogen-bond acceptors (Lipinski definition) is 3. The molecule has 0 spiro atoms. The van der Waals surface area contributed by atoms with Gasteiger partial charge in [0.15, 0.2) is 0 Å². The Bertz CT molecular complexity index is 575. The second kappa shape index (κ2) is 5.09. The standard InChI is InChI=1S/C14H17FN4/c1-2-13-16-5-6-19(13)14-10(7-11(15)9-18-14)8-17-12-3-4-12/h5-7,9,12,17H,2-4,8H2,1H3. The second-order valence-corrected chi connectivity index (χ2v) is 4.86. The fourth-order valence-corrected chi connectivity index (χ4v) is 2.15. The predicted octanol–water partition coefficient (Wildman–Crippen LogP) is 2.22. The van der Waals surface area contributed by atoms with Gasteiger partial charge in [0.2, 0.25) is 0 Å². The van der Waals surface area contributed by atoms with E-state index < -0.39 is 0 Å². The fraction of sp³-hybridized carbons (Fsp3) is 0.429. The van der Waals surface area contributed by atoms with E-state index in [0.717, 1.165) is 23.6 Å². The quantitative estimate of drug-likeness (QED) is 0.896. The summed E-state index contributed by atoms with van der Waals surface area (Å²) in [6, 6.07) is 2.14. The van der Waals surface area contributed by atoms with Crippen LogP contribution in [0.5, 0.6) is 0 Å². The number of nitrogens with zero attached hydrogens (tertiary/aromatic N) is 3. The third-order valence-corrected chi connectivity index (χ3v) is 3.33.